The number of piperazine rings is 1. The summed E-state index contributed by atoms with van der Waals surface area (Å²) < 4.78 is 0. The third kappa shape index (κ3) is 4.89. The second-order valence-corrected chi connectivity index (χ2v) is 6.84. The smallest absolute Gasteiger partial charge is 0.191 e. The third-order valence-corrected chi connectivity index (χ3v) is 5.15. The van der Waals surface area contributed by atoms with Gasteiger partial charge in [0.1, 0.15) is 0 Å². The Kier molecular flexibility index (Phi) is 7.43. The van der Waals surface area contributed by atoms with Gasteiger partial charge in [-0.05, 0) is 37.1 Å². The Balaban J connectivity index is 0.00000208. The van der Waals surface area contributed by atoms with Crippen LogP contribution >= 0.6 is 35.6 Å². The normalized spacial score (nSPS) is 24.8. The summed E-state index contributed by atoms with van der Waals surface area (Å²) in [5.74, 6) is 0.892. The number of nitrogens with two attached hydrogens (primary N) is 1. The van der Waals surface area contributed by atoms with E-state index in [1.807, 2.05) is 12.1 Å². The molecule has 0 radical (unpaired) electrons. The van der Waals surface area contributed by atoms with Crippen LogP contribution in [-0.2, 0) is 0 Å². The van der Waals surface area contributed by atoms with Gasteiger partial charge in [-0.15, -0.1) is 24.0 Å². The van der Waals surface area contributed by atoms with Crippen LogP contribution in [0.3, 0.4) is 0 Å². The van der Waals surface area contributed by atoms with Crippen LogP contribution < -0.4 is 10.6 Å². The summed E-state index contributed by atoms with van der Waals surface area (Å²) in [6.07, 6.45) is 2.86. The summed E-state index contributed by atoms with van der Waals surface area (Å²) in [5, 5.41) is 10.6. The van der Waals surface area contributed by atoms with Crippen molar-refractivity contribution in [3.63, 3.8) is 0 Å². The zero-order valence-electron chi connectivity index (χ0n) is 13.8. The van der Waals surface area contributed by atoms with Gasteiger partial charge in [0, 0.05) is 49.4 Å². The van der Waals surface area contributed by atoms with E-state index in [2.05, 4.69) is 26.9 Å². The van der Waals surface area contributed by atoms with E-state index in [0.717, 1.165) is 50.5 Å². The van der Waals surface area contributed by atoms with Crippen LogP contribution in [0.1, 0.15) is 19.3 Å². The summed E-state index contributed by atoms with van der Waals surface area (Å²) in [6.45, 7) is 4.22. The third-order valence-electron chi connectivity index (χ3n) is 4.90. The van der Waals surface area contributed by atoms with E-state index < -0.39 is 0 Å². The fraction of sp³-hybridized carbons (Fsp3) is 0.588. The van der Waals surface area contributed by atoms with Gasteiger partial charge in [0.25, 0.3) is 0 Å². The lowest BCUT2D eigenvalue weighted by Crippen LogP contribution is -2.51. The number of benzene rings is 1. The Hall–Kier alpha value is -0.730. The Morgan fingerprint density at radius 3 is 2.42 bits per heavy atom. The van der Waals surface area contributed by atoms with Crippen LogP contribution in [0.5, 0.6) is 0 Å². The van der Waals surface area contributed by atoms with Crippen LogP contribution in [0.4, 0.5) is 5.69 Å². The molecule has 5 nitrogen and oxygen atoms in total. The van der Waals surface area contributed by atoms with Gasteiger partial charge in [-0.2, -0.15) is 0 Å². The molecule has 24 heavy (non-hydrogen) atoms. The van der Waals surface area contributed by atoms with Crippen molar-refractivity contribution in [2.24, 2.45) is 16.6 Å². The summed E-state index contributed by atoms with van der Waals surface area (Å²) >= 11 is 5.94. The minimum absolute atomic E-state index is 0. The molecule has 2 atom stereocenters. The number of aliphatic hydroxyl groups excluding tert-OH is 1. The van der Waals surface area contributed by atoms with Crippen LogP contribution in [0, 0.1) is 5.92 Å². The number of nitrogens with zero attached hydrogens (tertiary/aromatic N) is 3. The summed E-state index contributed by atoms with van der Waals surface area (Å²) in [4.78, 5) is 8.98. The molecule has 1 aromatic rings. The molecular weight excluding hydrogens is 439 g/mol. The first-order valence-corrected chi connectivity index (χ1v) is 8.75. The van der Waals surface area contributed by atoms with Gasteiger partial charge in [0.15, 0.2) is 5.96 Å². The monoisotopic (exact) mass is 464 g/mol. The molecule has 1 saturated heterocycles. The zero-order valence-corrected chi connectivity index (χ0v) is 16.9. The minimum Gasteiger partial charge on any atom is -0.393 e. The topological polar surface area (TPSA) is 65.1 Å². The molecule has 0 aromatic heterocycles. The highest BCUT2D eigenvalue weighted by Gasteiger charge is 2.25. The van der Waals surface area contributed by atoms with Crippen LogP contribution in [-0.4, -0.2) is 54.8 Å². The van der Waals surface area contributed by atoms with Crippen LogP contribution in [0.25, 0.3) is 0 Å². The minimum atomic E-state index is -0.201. The molecule has 1 saturated carbocycles. The van der Waals surface area contributed by atoms with E-state index in [4.69, 9.17) is 17.3 Å². The van der Waals surface area contributed by atoms with Crippen molar-refractivity contribution >= 4 is 47.2 Å². The molecule has 2 aliphatic rings. The fourth-order valence-corrected chi connectivity index (χ4v) is 3.51. The lowest BCUT2D eigenvalue weighted by Gasteiger charge is -2.36. The Morgan fingerprint density at radius 2 is 1.83 bits per heavy atom. The largest absolute Gasteiger partial charge is 0.393 e. The number of hydrogen-bond acceptors (Lipinski definition) is 3. The second kappa shape index (κ2) is 9.10. The number of anilines is 1. The van der Waals surface area contributed by atoms with Gasteiger partial charge in [-0.3, -0.25) is 4.99 Å². The average Bonchev–Trinajstić information content (AvgIpc) is 2.99. The zero-order chi connectivity index (χ0) is 16.2. The predicted octanol–water partition coefficient (Wildman–Crippen LogP) is 2.56. The average molecular weight is 465 g/mol. The van der Waals surface area contributed by atoms with E-state index in [-0.39, 0.29) is 36.0 Å². The quantitative estimate of drug-likeness (QED) is 0.410. The van der Waals surface area contributed by atoms with Gasteiger partial charge < -0.3 is 20.6 Å². The molecule has 0 bridgehead atoms. The molecular formula is C17H26ClIN4O. The first-order chi connectivity index (χ1) is 11.1. The van der Waals surface area contributed by atoms with Crippen molar-refractivity contribution in [2.45, 2.75) is 25.4 Å². The van der Waals surface area contributed by atoms with Crippen molar-refractivity contribution < 1.29 is 5.11 Å². The number of halogens is 2. The highest BCUT2D eigenvalue weighted by Crippen LogP contribution is 2.25. The van der Waals surface area contributed by atoms with Gasteiger partial charge >= 0.3 is 0 Å². The molecule has 7 heteroatoms. The number of aliphatic hydroxyl groups is 1. The van der Waals surface area contributed by atoms with Crippen LogP contribution in [0.2, 0.25) is 5.02 Å². The summed E-state index contributed by atoms with van der Waals surface area (Å²) in [5.41, 5.74) is 7.33. The molecule has 3 rings (SSSR count). The van der Waals surface area contributed by atoms with Crippen molar-refractivity contribution in [3.05, 3.63) is 29.3 Å². The molecule has 0 spiro atoms. The molecule has 1 aromatic carbocycles. The lowest BCUT2D eigenvalue weighted by atomic mass is 10.1. The summed E-state index contributed by atoms with van der Waals surface area (Å²) in [7, 11) is 0. The van der Waals surface area contributed by atoms with E-state index in [1.54, 1.807) is 0 Å². The van der Waals surface area contributed by atoms with E-state index in [1.165, 1.54) is 5.69 Å². The highest BCUT2D eigenvalue weighted by atomic mass is 127. The number of guanidine groups is 1. The molecule has 1 heterocycles. The molecule has 2 unspecified atom stereocenters. The summed E-state index contributed by atoms with van der Waals surface area (Å²) in [6, 6.07) is 7.95. The number of aliphatic imine (C=N–C) groups is 1. The van der Waals surface area contributed by atoms with Gasteiger partial charge in [0.2, 0.25) is 0 Å². The molecule has 134 valence electrons. The predicted molar refractivity (Wildman–Crippen MR) is 110 cm³/mol. The highest BCUT2D eigenvalue weighted by molar-refractivity contribution is 14.0. The molecule has 0 amide bonds. The van der Waals surface area contributed by atoms with E-state index >= 15 is 0 Å². The molecule has 2 fully saturated rings. The molecule has 3 N–H and O–H groups in total. The van der Waals surface area contributed by atoms with Gasteiger partial charge in [-0.1, -0.05) is 18.0 Å². The van der Waals surface area contributed by atoms with Crippen molar-refractivity contribution in [2.75, 3.05) is 37.6 Å². The van der Waals surface area contributed by atoms with Crippen molar-refractivity contribution in [1.82, 2.24) is 4.90 Å². The Bertz CT molecular complexity index is 546. The van der Waals surface area contributed by atoms with Gasteiger partial charge in [0.05, 0.1) is 6.10 Å². The van der Waals surface area contributed by atoms with Gasteiger partial charge in [-0.25, -0.2) is 0 Å². The molecule has 1 aliphatic carbocycles. The van der Waals surface area contributed by atoms with Crippen LogP contribution in [0.15, 0.2) is 29.3 Å². The maximum atomic E-state index is 9.85. The van der Waals surface area contributed by atoms with Crippen molar-refractivity contribution in [1.29, 1.82) is 0 Å². The standard InChI is InChI=1S/C17H25ClN4O.HI/c18-14-4-6-15(7-5-14)21-8-10-22(11-9-21)17(19)20-12-13-2-1-3-16(13)23;/h4-7,13,16,23H,1-3,8-12H2,(H2,19,20);1H. The maximum Gasteiger partial charge on any atom is 0.191 e. The second-order valence-electron chi connectivity index (χ2n) is 6.41. The SMILES string of the molecule is I.NC(=NCC1CCCC1O)N1CCN(c2ccc(Cl)cc2)CC1. The number of rotatable bonds is 3. The Labute approximate surface area is 165 Å². The van der Waals surface area contributed by atoms with E-state index in [9.17, 15) is 5.11 Å². The Morgan fingerprint density at radius 1 is 1.17 bits per heavy atom. The number of hydrogen-bond donors (Lipinski definition) is 2. The van der Waals surface area contributed by atoms with E-state index in [0.29, 0.717) is 12.5 Å². The fourth-order valence-electron chi connectivity index (χ4n) is 3.39. The first kappa shape index (κ1) is 19.6. The van der Waals surface area contributed by atoms with Crippen molar-refractivity contribution in [3.8, 4) is 0 Å². The maximum absolute atomic E-state index is 9.85. The first-order valence-electron chi connectivity index (χ1n) is 8.37. The molecule has 1 aliphatic heterocycles. The lowest BCUT2D eigenvalue weighted by molar-refractivity contribution is 0.136.